The highest BCUT2D eigenvalue weighted by atomic mass is 35.5. The van der Waals surface area contributed by atoms with E-state index in [0.29, 0.717) is 10.6 Å². The maximum Gasteiger partial charge on any atom is 0.304 e. The molecule has 1 aromatic carbocycles. The van der Waals surface area contributed by atoms with Gasteiger partial charge in [0.2, 0.25) is 0 Å². The number of nitriles is 1. The van der Waals surface area contributed by atoms with Crippen LogP contribution in [0.4, 0.5) is 0 Å². The van der Waals surface area contributed by atoms with E-state index >= 15 is 0 Å². The van der Waals surface area contributed by atoms with Crippen molar-refractivity contribution >= 4 is 35.1 Å². The second kappa shape index (κ2) is 7.87. The molecule has 2 unspecified atom stereocenters. The lowest BCUT2D eigenvalue weighted by Gasteiger charge is -2.21. The van der Waals surface area contributed by atoms with E-state index in [0.717, 1.165) is 0 Å². The summed E-state index contributed by atoms with van der Waals surface area (Å²) in [4.78, 5) is 21.6. The molecule has 0 aromatic heterocycles. The van der Waals surface area contributed by atoms with Gasteiger partial charge >= 0.3 is 11.9 Å². The van der Waals surface area contributed by atoms with E-state index in [2.05, 4.69) is 0 Å². The number of hydrogen-bond acceptors (Lipinski definition) is 3. The van der Waals surface area contributed by atoms with E-state index in [9.17, 15) is 14.9 Å². The molecule has 0 amide bonds. The molecule has 21 heavy (non-hydrogen) atoms. The van der Waals surface area contributed by atoms with E-state index in [4.69, 9.17) is 33.4 Å². The second-order valence-corrected chi connectivity index (χ2v) is 5.36. The van der Waals surface area contributed by atoms with Gasteiger partial charge in [0.1, 0.15) is 0 Å². The monoisotopic (exact) mass is 329 g/mol. The number of rotatable bonds is 7. The summed E-state index contributed by atoms with van der Waals surface area (Å²) in [6.45, 7) is 0. The molecule has 2 atom stereocenters. The molecule has 0 aliphatic carbocycles. The summed E-state index contributed by atoms with van der Waals surface area (Å²) in [6.07, 6.45) is -0.407. The van der Waals surface area contributed by atoms with Gasteiger partial charge in [0, 0.05) is 12.3 Å². The molecule has 1 rings (SSSR count). The van der Waals surface area contributed by atoms with Crippen LogP contribution in [0.1, 0.15) is 30.7 Å². The number of carbonyl (C=O) groups is 2. The minimum Gasteiger partial charge on any atom is -0.481 e. The number of benzene rings is 1. The standard InChI is InChI=1S/C14H13Cl2NO4/c15-11-3-1-8(5-12(11)16)10(6-14(20)21)9(7-17)2-4-13(18)19/h1,3,5,9-10H,2,4,6H2,(H,18,19)(H,20,21). The van der Waals surface area contributed by atoms with E-state index in [1.165, 1.54) is 12.1 Å². The lowest BCUT2D eigenvalue weighted by molar-refractivity contribution is -0.137. The summed E-state index contributed by atoms with van der Waals surface area (Å²) < 4.78 is 0. The van der Waals surface area contributed by atoms with Gasteiger partial charge in [0.15, 0.2) is 0 Å². The van der Waals surface area contributed by atoms with E-state index in [1.54, 1.807) is 6.07 Å². The first-order chi connectivity index (χ1) is 9.85. The van der Waals surface area contributed by atoms with Crippen molar-refractivity contribution in [3.63, 3.8) is 0 Å². The van der Waals surface area contributed by atoms with Gasteiger partial charge in [-0.2, -0.15) is 5.26 Å². The zero-order valence-corrected chi connectivity index (χ0v) is 12.4. The van der Waals surface area contributed by atoms with Crippen molar-refractivity contribution in [3.8, 4) is 6.07 Å². The Morgan fingerprint density at radius 2 is 1.86 bits per heavy atom. The highest BCUT2D eigenvalue weighted by molar-refractivity contribution is 6.42. The third-order valence-corrected chi connectivity index (χ3v) is 3.83. The fraction of sp³-hybridized carbons (Fsp3) is 0.357. The Balaban J connectivity index is 3.07. The molecule has 7 heteroatoms. The average Bonchev–Trinajstić information content (AvgIpc) is 2.40. The zero-order chi connectivity index (χ0) is 16.0. The van der Waals surface area contributed by atoms with Crippen LogP contribution in [0, 0.1) is 17.2 Å². The van der Waals surface area contributed by atoms with Crippen LogP contribution < -0.4 is 0 Å². The molecule has 0 heterocycles. The molecular weight excluding hydrogens is 317 g/mol. The third kappa shape index (κ3) is 5.25. The molecule has 112 valence electrons. The summed E-state index contributed by atoms with van der Waals surface area (Å²) in [5, 5.41) is 27.5. The number of carboxylic acid groups (broad SMARTS) is 2. The SMILES string of the molecule is N#CC(CCC(=O)O)C(CC(=O)O)c1ccc(Cl)c(Cl)c1. The van der Waals surface area contributed by atoms with Crippen molar-refractivity contribution in [3.05, 3.63) is 33.8 Å². The number of carboxylic acids is 2. The maximum absolute atomic E-state index is 11.0. The molecule has 0 spiro atoms. The largest absolute Gasteiger partial charge is 0.481 e. The number of aliphatic carboxylic acids is 2. The van der Waals surface area contributed by atoms with Crippen LogP contribution >= 0.6 is 23.2 Å². The first-order valence-electron chi connectivity index (χ1n) is 6.13. The van der Waals surface area contributed by atoms with Crippen molar-refractivity contribution in [1.29, 1.82) is 5.26 Å². The molecular formula is C14H13Cl2NO4. The van der Waals surface area contributed by atoms with Gasteiger partial charge < -0.3 is 10.2 Å². The Morgan fingerprint density at radius 3 is 2.33 bits per heavy atom. The van der Waals surface area contributed by atoms with Gasteiger partial charge in [0.05, 0.1) is 28.5 Å². The Morgan fingerprint density at radius 1 is 1.19 bits per heavy atom. The molecule has 0 radical (unpaired) electrons. The van der Waals surface area contributed by atoms with Crippen LogP contribution in [0.25, 0.3) is 0 Å². The third-order valence-electron chi connectivity index (χ3n) is 3.09. The highest BCUT2D eigenvalue weighted by Gasteiger charge is 2.26. The summed E-state index contributed by atoms with van der Waals surface area (Å²) in [5.41, 5.74) is 0.559. The quantitative estimate of drug-likeness (QED) is 0.796. The molecule has 0 fully saturated rings. The lowest BCUT2D eigenvalue weighted by atomic mass is 9.82. The van der Waals surface area contributed by atoms with E-state index < -0.39 is 23.8 Å². The van der Waals surface area contributed by atoms with Crippen LogP contribution in [0.15, 0.2) is 18.2 Å². The minimum absolute atomic E-state index is 0.0734. The number of halogens is 2. The molecule has 2 N–H and O–H groups in total. The smallest absolute Gasteiger partial charge is 0.304 e. The van der Waals surface area contributed by atoms with Crippen molar-refractivity contribution in [1.82, 2.24) is 0 Å². The summed E-state index contributed by atoms with van der Waals surface area (Å²) >= 11 is 11.7. The van der Waals surface area contributed by atoms with Crippen LogP contribution in [-0.2, 0) is 9.59 Å². The summed E-state index contributed by atoms with van der Waals surface area (Å²) in [5.74, 6) is -3.46. The molecule has 0 aliphatic rings. The average molecular weight is 330 g/mol. The Kier molecular flexibility index (Phi) is 6.47. The Hall–Kier alpha value is -1.77. The molecule has 0 saturated heterocycles. The molecule has 0 bridgehead atoms. The molecule has 5 nitrogen and oxygen atoms in total. The molecule has 1 aromatic rings. The fourth-order valence-corrected chi connectivity index (χ4v) is 2.36. The van der Waals surface area contributed by atoms with Gasteiger partial charge in [-0.15, -0.1) is 0 Å². The first-order valence-corrected chi connectivity index (χ1v) is 6.89. The summed E-state index contributed by atoms with van der Waals surface area (Å²) in [7, 11) is 0. The number of hydrogen-bond donors (Lipinski definition) is 2. The molecule has 0 aliphatic heterocycles. The highest BCUT2D eigenvalue weighted by Crippen LogP contribution is 2.34. The van der Waals surface area contributed by atoms with Crippen molar-refractivity contribution in [2.75, 3.05) is 0 Å². The van der Waals surface area contributed by atoms with E-state index in [1.807, 2.05) is 6.07 Å². The predicted molar refractivity (Wildman–Crippen MR) is 77.4 cm³/mol. The fourth-order valence-electron chi connectivity index (χ4n) is 2.06. The number of nitrogens with zero attached hydrogens (tertiary/aromatic N) is 1. The van der Waals surface area contributed by atoms with Crippen molar-refractivity contribution < 1.29 is 19.8 Å². The van der Waals surface area contributed by atoms with Gasteiger partial charge in [-0.1, -0.05) is 29.3 Å². The predicted octanol–water partition coefficient (Wildman–Crippen LogP) is 3.56. The second-order valence-electron chi connectivity index (χ2n) is 4.55. The minimum atomic E-state index is -1.07. The van der Waals surface area contributed by atoms with Gasteiger partial charge in [-0.3, -0.25) is 9.59 Å². The normalized spacial score (nSPS) is 13.2. The van der Waals surface area contributed by atoms with Gasteiger partial charge in [-0.05, 0) is 24.1 Å². The van der Waals surface area contributed by atoms with E-state index in [-0.39, 0.29) is 24.3 Å². The first kappa shape index (κ1) is 17.3. The topological polar surface area (TPSA) is 98.4 Å². The Labute approximate surface area is 131 Å². The Bertz CT molecular complexity index is 583. The van der Waals surface area contributed by atoms with Gasteiger partial charge in [0.25, 0.3) is 0 Å². The van der Waals surface area contributed by atoms with Crippen molar-refractivity contribution in [2.24, 2.45) is 5.92 Å². The lowest BCUT2D eigenvalue weighted by Crippen LogP contribution is -2.17. The van der Waals surface area contributed by atoms with Crippen LogP contribution in [0.5, 0.6) is 0 Å². The molecule has 0 saturated carbocycles. The van der Waals surface area contributed by atoms with Crippen LogP contribution in [0.3, 0.4) is 0 Å². The zero-order valence-electron chi connectivity index (χ0n) is 10.9. The van der Waals surface area contributed by atoms with Gasteiger partial charge in [-0.25, -0.2) is 0 Å². The van der Waals surface area contributed by atoms with Crippen LogP contribution in [-0.4, -0.2) is 22.2 Å². The van der Waals surface area contributed by atoms with Crippen molar-refractivity contribution in [2.45, 2.75) is 25.2 Å². The summed E-state index contributed by atoms with van der Waals surface area (Å²) in [6, 6.07) is 6.64. The van der Waals surface area contributed by atoms with Crippen LogP contribution in [0.2, 0.25) is 10.0 Å². The maximum atomic E-state index is 11.0.